The van der Waals surface area contributed by atoms with Crippen LogP contribution < -0.4 is 10.1 Å². The Hall–Kier alpha value is -2.44. The first kappa shape index (κ1) is 21.8. The van der Waals surface area contributed by atoms with E-state index >= 15 is 0 Å². The molecule has 5 nitrogen and oxygen atoms in total. The molecule has 0 bridgehead atoms. The smallest absolute Gasteiger partial charge is 0.224 e. The third kappa shape index (κ3) is 4.60. The second-order valence-electron chi connectivity index (χ2n) is 8.55. The number of unbranched alkanes of at least 4 members (excludes halogenated alkanes) is 1. The van der Waals surface area contributed by atoms with Crippen molar-refractivity contribution in [1.82, 2.24) is 10.4 Å². The highest BCUT2D eigenvalue weighted by atomic mass is 19.2. The lowest BCUT2D eigenvalue weighted by atomic mass is 9.69. The van der Waals surface area contributed by atoms with Gasteiger partial charge >= 0.3 is 0 Å². The largest absolute Gasteiger partial charge is 0.457 e. The van der Waals surface area contributed by atoms with Crippen molar-refractivity contribution in [2.24, 2.45) is 5.92 Å². The number of piperidine rings is 1. The molecule has 0 spiro atoms. The lowest BCUT2D eigenvalue weighted by Gasteiger charge is -2.41. The van der Waals surface area contributed by atoms with E-state index in [0.29, 0.717) is 26.1 Å². The number of rotatable bonds is 8. The number of nitrogens with one attached hydrogen (secondary N) is 1. The van der Waals surface area contributed by atoms with E-state index in [4.69, 9.17) is 9.47 Å². The minimum Gasteiger partial charge on any atom is -0.457 e. The normalized spacial score (nSPS) is 19.7. The molecule has 2 aromatic rings. The van der Waals surface area contributed by atoms with Gasteiger partial charge in [-0.15, -0.1) is 9.60 Å². The number of ether oxygens (including phenoxy) is 2. The molecular formula is C25H31FN2O3. The number of benzene rings is 2. The minimum absolute atomic E-state index is 0.0694. The van der Waals surface area contributed by atoms with Gasteiger partial charge in [-0.25, -0.2) is 0 Å². The fourth-order valence-corrected chi connectivity index (χ4v) is 4.91. The Morgan fingerprint density at radius 2 is 1.84 bits per heavy atom. The molecule has 1 amide bonds. The van der Waals surface area contributed by atoms with Crippen LogP contribution in [0.3, 0.4) is 0 Å². The van der Waals surface area contributed by atoms with Crippen LogP contribution in [0, 0.1) is 5.92 Å². The van der Waals surface area contributed by atoms with Crippen molar-refractivity contribution in [3.63, 3.8) is 0 Å². The second kappa shape index (κ2) is 9.79. The molecule has 2 aromatic carbocycles. The van der Waals surface area contributed by atoms with Crippen molar-refractivity contribution in [3.8, 4) is 11.5 Å². The second-order valence-corrected chi connectivity index (χ2v) is 8.55. The summed E-state index contributed by atoms with van der Waals surface area (Å²) in [6.45, 7) is 1.74. The highest BCUT2D eigenvalue weighted by molar-refractivity contribution is 5.79. The zero-order valence-corrected chi connectivity index (χ0v) is 18.1. The molecule has 0 saturated carbocycles. The molecule has 0 aliphatic carbocycles. The lowest BCUT2D eigenvalue weighted by Crippen LogP contribution is -2.47. The highest BCUT2D eigenvalue weighted by Crippen LogP contribution is 2.50. The van der Waals surface area contributed by atoms with E-state index in [-0.39, 0.29) is 18.4 Å². The molecule has 1 saturated heterocycles. The average molecular weight is 427 g/mol. The maximum Gasteiger partial charge on any atom is 0.224 e. The Bertz CT molecular complexity index is 858. The summed E-state index contributed by atoms with van der Waals surface area (Å²) in [7, 11) is 1.72. The van der Waals surface area contributed by atoms with Gasteiger partial charge in [-0.05, 0) is 44.2 Å². The van der Waals surface area contributed by atoms with Gasteiger partial charge in [0.25, 0.3) is 0 Å². The third-order valence-electron chi connectivity index (χ3n) is 6.53. The highest BCUT2D eigenvalue weighted by Gasteiger charge is 2.42. The van der Waals surface area contributed by atoms with Crippen molar-refractivity contribution in [2.75, 3.05) is 33.4 Å². The number of carbonyl (C=O) groups excluding carboxylic acids is 1. The first-order chi connectivity index (χ1) is 15.1. The number of methoxy groups -OCH3 is 1. The van der Waals surface area contributed by atoms with Gasteiger partial charge in [0.15, 0.2) is 0 Å². The van der Waals surface area contributed by atoms with Gasteiger partial charge in [0.1, 0.15) is 11.5 Å². The number of nitrogens with zero attached hydrogens (tertiary/aromatic N) is 1. The van der Waals surface area contributed by atoms with E-state index in [1.165, 1.54) is 0 Å². The van der Waals surface area contributed by atoms with Gasteiger partial charge in [-0.1, -0.05) is 36.4 Å². The fraction of sp³-hybridized carbons (Fsp3) is 0.480. The Labute approximate surface area is 183 Å². The summed E-state index contributed by atoms with van der Waals surface area (Å²) in [5.74, 6) is 1.28. The molecular weight excluding hydrogens is 395 g/mol. The van der Waals surface area contributed by atoms with Crippen LogP contribution >= 0.6 is 0 Å². The molecule has 2 aliphatic rings. The summed E-state index contributed by atoms with van der Waals surface area (Å²) in [6.07, 6.45) is 4.18. The lowest BCUT2D eigenvalue weighted by molar-refractivity contribution is -0.130. The van der Waals surface area contributed by atoms with Gasteiger partial charge in [0.05, 0.1) is 5.92 Å². The van der Waals surface area contributed by atoms with E-state index < -0.39 is 5.41 Å². The Morgan fingerprint density at radius 3 is 2.48 bits per heavy atom. The monoisotopic (exact) mass is 426 g/mol. The van der Waals surface area contributed by atoms with Crippen LogP contribution in [-0.4, -0.2) is 44.4 Å². The molecule has 1 atom stereocenters. The summed E-state index contributed by atoms with van der Waals surface area (Å²) >= 11 is 0. The van der Waals surface area contributed by atoms with Gasteiger partial charge < -0.3 is 14.8 Å². The SMILES string of the molecule is COCCCCC1(CNC(=O)C2CCCN(F)C2)c2ccccc2Oc2ccccc21. The minimum atomic E-state index is -0.404. The molecule has 4 rings (SSSR count). The van der Waals surface area contributed by atoms with Gasteiger partial charge in [-0.2, -0.15) is 0 Å². The summed E-state index contributed by atoms with van der Waals surface area (Å²) in [6, 6.07) is 16.1. The van der Waals surface area contributed by atoms with Crippen molar-refractivity contribution >= 4 is 5.91 Å². The van der Waals surface area contributed by atoms with Crippen LogP contribution in [0.5, 0.6) is 11.5 Å². The van der Waals surface area contributed by atoms with Crippen molar-refractivity contribution in [2.45, 2.75) is 37.5 Å². The van der Waals surface area contributed by atoms with E-state index in [9.17, 15) is 9.28 Å². The Morgan fingerprint density at radius 1 is 1.16 bits per heavy atom. The van der Waals surface area contributed by atoms with Gasteiger partial charge in [0, 0.05) is 49.9 Å². The number of carbonyl (C=O) groups is 1. The quantitative estimate of drug-likeness (QED) is 0.495. The standard InChI is InChI=1S/C25H31FN2O3/c1-30-16-7-6-14-25(18-27-24(29)19-9-8-15-28(26)17-19)20-10-2-4-12-22(20)31-23-13-5-3-11-21(23)25/h2-5,10-13,19H,6-9,14-18H2,1H3,(H,27,29). The predicted octanol–water partition coefficient (Wildman–Crippen LogP) is 4.61. The summed E-state index contributed by atoms with van der Waals surface area (Å²) in [5, 5.41) is 3.94. The van der Waals surface area contributed by atoms with Gasteiger partial charge in [-0.3, -0.25) is 4.79 Å². The predicted molar refractivity (Wildman–Crippen MR) is 118 cm³/mol. The number of halogens is 1. The van der Waals surface area contributed by atoms with Gasteiger partial charge in [0.2, 0.25) is 5.91 Å². The number of hydrogen-bond donors (Lipinski definition) is 1. The van der Waals surface area contributed by atoms with Crippen molar-refractivity contribution < 1.29 is 18.7 Å². The zero-order valence-electron chi connectivity index (χ0n) is 18.1. The molecule has 2 aliphatic heterocycles. The first-order valence-electron chi connectivity index (χ1n) is 11.2. The number of fused-ring (bicyclic) bond motifs is 2. The fourth-order valence-electron chi connectivity index (χ4n) is 4.91. The molecule has 6 heteroatoms. The summed E-state index contributed by atoms with van der Waals surface area (Å²) < 4.78 is 25.2. The van der Waals surface area contributed by atoms with Crippen LogP contribution in [0.1, 0.15) is 43.2 Å². The van der Waals surface area contributed by atoms with Crippen LogP contribution in [0.2, 0.25) is 0 Å². The third-order valence-corrected chi connectivity index (χ3v) is 6.53. The van der Waals surface area contributed by atoms with E-state index in [0.717, 1.165) is 53.4 Å². The summed E-state index contributed by atoms with van der Waals surface area (Å²) in [4.78, 5) is 13.0. The number of amides is 1. The molecule has 1 unspecified atom stereocenters. The molecule has 1 N–H and O–H groups in total. The molecule has 166 valence electrons. The molecule has 1 fully saturated rings. The first-order valence-corrected chi connectivity index (χ1v) is 11.2. The van der Waals surface area contributed by atoms with E-state index in [1.54, 1.807) is 7.11 Å². The number of para-hydroxylation sites is 2. The molecule has 0 aromatic heterocycles. The Balaban J connectivity index is 1.64. The Kier molecular flexibility index (Phi) is 6.88. The zero-order chi connectivity index (χ0) is 21.7. The molecule has 31 heavy (non-hydrogen) atoms. The maximum atomic E-state index is 13.7. The molecule has 2 heterocycles. The maximum absolute atomic E-state index is 13.7. The number of hydrogen-bond acceptors (Lipinski definition) is 4. The van der Waals surface area contributed by atoms with Crippen LogP contribution in [0.4, 0.5) is 4.48 Å². The van der Waals surface area contributed by atoms with E-state index in [2.05, 4.69) is 17.4 Å². The average Bonchev–Trinajstić information content (AvgIpc) is 2.80. The van der Waals surface area contributed by atoms with Crippen molar-refractivity contribution in [1.29, 1.82) is 0 Å². The van der Waals surface area contributed by atoms with Crippen LogP contribution in [-0.2, 0) is 14.9 Å². The van der Waals surface area contributed by atoms with Crippen LogP contribution in [0.25, 0.3) is 0 Å². The topological polar surface area (TPSA) is 50.8 Å². The van der Waals surface area contributed by atoms with Crippen molar-refractivity contribution in [3.05, 3.63) is 59.7 Å². The summed E-state index contributed by atoms with van der Waals surface area (Å²) in [5.41, 5.74) is 1.77. The van der Waals surface area contributed by atoms with E-state index in [1.807, 2.05) is 36.4 Å². The molecule has 0 radical (unpaired) electrons. The van der Waals surface area contributed by atoms with Crippen LogP contribution in [0.15, 0.2) is 48.5 Å².